The van der Waals surface area contributed by atoms with Crippen LogP contribution in [0.3, 0.4) is 0 Å². The summed E-state index contributed by atoms with van der Waals surface area (Å²) in [5.41, 5.74) is 1.91. The summed E-state index contributed by atoms with van der Waals surface area (Å²) in [4.78, 5) is 20.0. The highest BCUT2D eigenvalue weighted by molar-refractivity contribution is 14.1. The largest absolute Gasteiger partial charge is 0.379 e. The molecular weight excluding hydrogens is 499 g/mol. The van der Waals surface area contributed by atoms with E-state index >= 15 is 0 Å². The van der Waals surface area contributed by atoms with Gasteiger partial charge in [0.2, 0.25) is 0 Å². The van der Waals surface area contributed by atoms with Crippen LogP contribution in [0.2, 0.25) is 0 Å². The third-order valence-electron chi connectivity index (χ3n) is 4.83. The van der Waals surface area contributed by atoms with Gasteiger partial charge in [0.25, 0.3) is 5.91 Å². The van der Waals surface area contributed by atoms with E-state index in [9.17, 15) is 4.79 Å². The van der Waals surface area contributed by atoms with Crippen molar-refractivity contribution in [1.29, 1.82) is 0 Å². The molecule has 0 aliphatic carbocycles. The van der Waals surface area contributed by atoms with Gasteiger partial charge in [-0.15, -0.1) is 11.3 Å². The summed E-state index contributed by atoms with van der Waals surface area (Å²) >= 11 is 3.76. The van der Waals surface area contributed by atoms with E-state index < -0.39 is 0 Å². The van der Waals surface area contributed by atoms with Crippen molar-refractivity contribution in [2.24, 2.45) is 0 Å². The summed E-state index contributed by atoms with van der Waals surface area (Å²) in [6, 6.07) is 10.1. The van der Waals surface area contributed by atoms with Crippen molar-refractivity contribution in [3.05, 3.63) is 51.2 Å². The Morgan fingerprint density at radius 1 is 1.21 bits per heavy atom. The van der Waals surface area contributed by atoms with E-state index in [2.05, 4.69) is 55.2 Å². The molecule has 8 heteroatoms. The van der Waals surface area contributed by atoms with Crippen LogP contribution in [-0.4, -0.2) is 55.2 Å². The highest BCUT2D eigenvalue weighted by Crippen LogP contribution is 2.32. The number of carbonyl (C=O) groups is 1. The molecule has 4 rings (SSSR count). The zero-order valence-electron chi connectivity index (χ0n) is 16.0. The number of fused-ring (bicyclic) bond motifs is 1. The van der Waals surface area contributed by atoms with Gasteiger partial charge < -0.3 is 15.4 Å². The average molecular weight is 522 g/mol. The Bertz CT molecular complexity index is 970. The maximum Gasteiger partial charge on any atom is 0.261 e. The molecule has 2 N–H and O–H groups in total. The van der Waals surface area contributed by atoms with Gasteiger partial charge in [-0.25, -0.2) is 0 Å². The molecule has 152 valence electrons. The van der Waals surface area contributed by atoms with E-state index in [0.29, 0.717) is 11.4 Å². The molecule has 1 fully saturated rings. The first-order chi connectivity index (χ1) is 14.2. The lowest BCUT2D eigenvalue weighted by Gasteiger charge is -2.26. The first-order valence-electron chi connectivity index (χ1n) is 9.67. The number of nitrogens with one attached hydrogen (secondary N) is 2. The Balaban J connectivity index is 1.37. The van der Waals surface area contributed by atoms with Gasteiger partial charge in [-0.2, -0.15) is 0 Å². The summed E-state index contributed by atoms with van der Waals surface area (Å²) < 4.78 is 7.55. The number of nitrogens with zero attached hydrogens (tertiary/aromatic N) is 2. The number of benzene rings is 1. The zero-order chi connectivity index (χ0) is 20.1. The Labute approximate surface area is 187 Å². The Kier molecular flexibility index (Phi) is 6.96. The Morgan fingerprint density at radius 3 is 2.79 bits per heavy atom. The van der Waals surface area contributed by atoms with Crippen LogP contribution in [0.25, 0.3) is 10.1 Å². The van der Waals surface area contributed by atoms with E-state index in [1.165, 1.54) is 14.9 Å². The van der Waals surface area contributed by atoms with Crippen LogP contribution >= 0.6 is 33.9 Å². The predicted octanol–water partition coefficient (Wildman–Crippen LogP) is 4.10. The summed E-state index contributed by atoms with van der Waals surface area (Å²) in [5, 5.41) is 7.47. The summed E-state index contributed by atoms with van der Waals surface area (Å²) in [6.07, 6.45) is 4.56. The molecule has 0 atom stereocenters. The van der Waals surface area contributed by atoms with Gasteiger partial charge in [0.05, 0.1) is 34.7 Å². The molecule has 1 aliphatic rings. The summed E-state index contributed by atoms with van der Waals surface area (Å²) in [7, 11) is 0. The van der Waals surface area contributed by atoms with E-state index in [-0.39, 0.29) is 5.91 Å². The number of morpholine rings is 1. The van der Waals surface area contributed by atoms with Crippen molar-refractivity contribution in [2.45, 2.75) is 6.42 Å². The molecule has 0 radical (unpaired) electrons. The van der Waals surface area contributed by atoms with Crippen LogP contribution in [0.5, 0.6) is 0 Å². The van der Waals surface area contributed by atoms with Gasteiger partial charge in [0.15, 0.2) is 0 Å². The number of hydrogen-bond donors (Lipinski definition) is 2. The molecule has 1 aromatic carbocycles. The summed E-state index contributed by atoms with van der Waals surface area (Å²) in [5.74, 6) is -0.0200. The van der Waals surface area contributed by atoms with Crippen LogP contribution in [0.15, 0.2) is 42.7 Å². The second kappa shape index (κ2) is 9.84. The minimum atomic E-state index is -0.0200. The normalized spacial score (nSPS) is 14.8. The lowest BCUT2D eigenvalue weighted by molar-refractivity contribution is 0.0374. The lowest BCUT2D eigenvalue weighted by Crippen LogP contribution is -2.38. The fourth-order valence-electron chi connectivity index (χ4n) is 3.28. The van der Waals surface area contributed by atoms with Gasteiger partial charge in [-0.05, 0) is 65.9 Å². The van der Waals surface area contributed by atoms with Gasteiger partial charge in [-0.1, -0.05) is 0 Å². The number of pyridine rings is 1. The number of rotatable bonds is 7. The first-order valence-corrected chi connectivity index (χ1v) is 11.6. The highest BCUT2D eigenvalue weighted by Gasteiger charge is 2.14. The Hall–Kier alpha value is -1.75. The van der Waals surface area contributed by atoms with Crippen LogP contribution in [-0.2, 0) is 4.74 Å². The molecule has 29 heavy (non-hydrogen) atoms. The van der Waals surface area contributed by atoms with E-state index in [0.717, 1.165) is 60.7 Å². The number of anilines is 2. The van der Waals surface area contributed by atoms with Crippen LogP contribution in [0.1, 0.15) is 16.1 Å². The standard InChI is InChI=1S/C21H23IN4O2S/c22-15-2-4-16(5-3-15)25-18-13-23-14-20-17(18)12-19(29-20)21(27)24-6-1-7-26-8-10-28-11-9-26/h2-5,12-14,25H,1,6-11H2,(H,24,27). The first kappa shape index (κ1) is 20.5. The van der Waals surface area contributed by atoms with E-state index in [1.54, 1.807) is 6.20 Å². The molecule has 0 spiro atoms. The number of hydrogen-bond acceptors (Lipinski definition) is 6. The van der Waals surface area contributed by atoms with Crippen LogP contribution < -0.4 is 10.6 Å². The second-order valence-corrected chi connectivity index (χ2v) is 9.23. The minimum absolute atomic E-state index is 0.0200. The van der Waals surface area contributed by atoms with Crippen molar-refractivity contribution in [2.75, 3.05) is 44.7 Å². The number of thiophene rings is 1. The maximum absolute atomic E-state index is 12.6. The fraction of sp³-hybridized carbons (Fsp3) is 0.333. The number of ether oxygens (including phenoxy) is 1. The molecule has 0 saturated carbocycles. The molecular formula is C21H23IN4O2S. The molecule has 3 aromatic rings. The molecule has 0 bridgehead atoms. The SMILES string of the molecule is O=C(NCCCN1CCOCC1)c1cc2c(Nc3ccc(I)cc3)cncc2s1. The molecule has 0 unspecified atom stereocenters. The van der Waals surface area contributed by atoms with Crippen molar-refractivity contribution in [3.8, 4) is 0 Å². The zero-order valence-corrected chi connectivity index (χ0v) is 19.0. The summed E-state index contributed by atoms with van der Waals surface area (Å²) in [6.45, 7) is 5.24. The van der Waals surface area contributed by atoms with E-state index in [4.69, 9.17) is 4.74 Å². The number of carbonyl (C=O) groups excluding carboxylic acids is 1. The van der Waals surface area contributed by atoms with Gasteiger partial charge in [0, 0.05) is 40.5 Å². The predicted molar refractivity (Wildman–Crippen MR) is 126 cm³/mol. The minimum Gasteiger partial charge on any atom is -0.379 e. The lowest BCUT2D eigenvalue weighted by atomic mass is 10.2. The number of halogens is 1. The Morgan fingerprint density at radius 2 is 2.00 bits per heavy atom. The molecule has 6 nitrogen and oxygen atoms in total. The van der Waals surface area contributed by atoms with Crippen LogP contribution in [0.4, 0.5) is 11.4 Å². The van der Waals surface area contributed by atoms with Crippen molar-refractivity contribution in [1.82, 2.24) is 15.2 Å². The van der Waals surface area contributed by atoms with E-state index in [1.807, 2.05) is 24.4 Å². The fourth-order valence-corrected chi connectivity index (χ4v) is 4.61. The number of amides is 1. The van der Waals surface area contributed by atoms with Gasteiger partial charge in [0.1, 0.15) is 0 Å². The smallest absolute Gasteiger partial charge is 0.261 e. The molecule has 1 amide bonds. The number of aromatic nitrogens is 1. The third-order valence-corrected chi connectivity index (χ3v) is 6.62. The third kappa shape index (κ3) is 5.44. The van der Waals surface area contributed by atoms with Gasteiger partial charge in [-0.3, -0.25) is 14.7 Å². The quantitative estimate of drug-likeness (QED) is 0.362. The molecule has 1 saturated heterocycles. The monoisotopic (exact) mass is 522 g/mol. The second-order valence-electron chi connectivity index (χ2n) is 6.90. The molecule has 2 aromatic heterocycles. The average Bonchev–Trinajstić information content (AvgIpc) is 3.19. The topological polar surface area (TPSA) is 66.5 Å². The molecule has 3 heterocycles. The van der Waals surface area contributed by atoms with Crippen LogP contribution in [0, 0.1) is 3.57 Å². The molecule has 1 aliphatic heterocycles. The van der Waals surface area contributed by atoms with Crippen molar-refractivity contribution in [3.63, 3.8) is 0 Å². The van der Waals surface area contributed by atoms with Crippen molar-refractivity contribution < 1.29 is 9.53 Å². The van der Waals surface area contributed by atoms with Gasteiger partial charge >= 0.3 is 0 Å². The highest BCUT2D eigenvalue weighted by atomic mass is 127. The van der Waals surface area contributed by atoms with Crippen molar-refractivity contribution >= 4 is 61.3 Å². The maximum atomic E-state index is 12.6.